The van der Waals surface area contributed by atoms with E-state index in [0.717, 1.165) is 11.1 Å². The highest BCUT2D eigenvalue weighted by molar-refractivity contribution is 6.31. The largest absolute Gasteiger partial charge is 0.479 e. The molecule has 0 aliphatic rings. The first-order chi connectivity index (χ1) is 18.7. The second-order valence-electron chi connectivity index (χ2n) is 8.51. The second kappa shape index (κ2) is 17.9. The SMILES string of the molecule is Cc1cc(Cl)ccc1OC(C)C(=O)OCCOCCOCCOCCOC(=O)C(C)Oc1ccc(Cl)cc1C. The lowest BCUT2D eigenvalue weighted by Gasteiger charge is -2.16. The van der Waals surface area contributed by atoms with Crippen molar-refractivity contribution in [2.24, 2.45) is 0 Å². The number of halogens is 2. The van der Waals surface area contributed by atoms with Gasteiger partial charge in [0.15, 0.2) is 12.2 Å². The summed E-state index contributed by atoms with van der Waals surface area (Å²) < 4.78 is 37.8. The van der Waals surface area contributed by atoms with E-state index < -0.39 is 24.1 Å². The van der Waals surface area contributed by atoms with Crippen molar-refractivity contribution in [2.45, 2.75) is 39.9 Å². The van der Waals surface area contributed by atoms with Gasteiger partial charge in [0.05, 0.1) is 39.6 Å². The van der Waals surface area contributed by atoms with Crippen molar-refractivity contribution < 1.29 is 42.7 Å². The molecule has 2 aromatic carbocycles. The van der Waals surface area contributed by atoms with E-state index in [0.29, 0.717) is 48.0 Å². The number of carbonyl (C=O) groups excluding carboxylic acids is 2. The van der Waals surface area contributed by atoms with Crippen LogP contribution >= 0.6 is 23.2 Å². The number of esters is 2. The minimum Gasteiger partial charge on any atom is -0.479 e. The van der Waals surface area contributed by atoms with Crippen molar-refractivity contribution in [2.75, 3.05) is 52.9 Å². The number of hydrogen-bond acceptors (Lipinski definition) is 9. The lowest BCUT2D eigenvalue weighted by atomic mass is 10.2. The average molecular weight is 587 g/mol. The van der Waals surface area contributed by atoms with Crippen LogP contribution in [0.1, 0.15) is 25.0 Å². The summed E-state index contributed by atoms with van der Waals surface area (Å²) in [4.78, 5) is 24.1. The van der Waals surface area contributed by atoms with E-state index >= 15 is 0 Å². The van der Waals surface area contributed by atoms with E-state index in [1.54, 1.807) is 50.2 Å². The van der Waals surface area contributed by atoms with Crippen LogP contribution in [-0.4, -0.2) is 77.0 Å². The molecule has 0 fully saturated rings. The Bertz CT molecular complexity index is 966. The molecule has 0 saturated heterocycles. The first-order valence-corrected chi connectivity index (χ1v) is 13.3. The molecule has 0 radical (unpaired) electrons. The predicted octanol–water partition coefficient (Wildman–Crippen LogP) is 4.98. The molecule has 2 atom stereocenters. The van der Waals surface area contributed by atoms with Gasteiger partial charge in [0.2, 0.25) is 0 Å². The van der Waals surface area contributed by atoms with E-state index in [1.165, 1.54) is 0 Å². The third-order valence-corrected chi connectivity index (χ3v) is 5.70. The molecule has 0 heterocycles. The van der Waals surface area contributed by atoms with Crippen LogP contribution in [0.25, 0.3) is 0 Å². The fourth-order valence-corrected chi connectivity index (χ4v) is 3.60. The van der Waals surface area contributed by atoms with Gasteiger partial charge in [-0.1, -0.05) is 23.2 Å². The number of benzene rings is 2. The summed E-state index contributed by atoms with van der Waals surface area (Å²) in [5, 5.41) is 1.20. The number of carbonyl (C=O) groups is 2. The van der Waals surface area contributed by atoms with E-state index in [2.05, 4.69) is 0 Å². The van der Waals surface area contributed by atoms with Crippen LogP contribution in [0.15, 0.2) is 36.4 Å². The van der Waals surface area contributed by atoms with Crippen LogP contribution in [-0.2, 0) is 33.3 Å². The lowest BCUT2D eigenvalue weighted by Crippen LogP contribution is -2.27. The summed E-state index contributed by atoms with van der Waals surface area (Å²) in [5.74, 6) is 0.190. The van der Waals surface area contributed by atoms with E-state index in [9.17, 15) is 9.59 Å². The molecule has 2 rings (SSSR count). The first kappa shape index (κ1) is 32.7. The van der Waals surface area contributed by atoms with Crippen LogP contribution in [0.3, 0.4) is 0 Å². The summed E-state index contributed by atoms with van der Waals surface area (Å²) in [6.45, 7) is 9.04. The van der Waals surface area contributed by atoms with Gasteiger partial charge in [-0.25, -0.2) is 9.59 Å². The van der Waals surface area contributed by atoms with Crippen molar-refractivity contribution in [1.29, 1.82) is 0 Å². The van der Waals surface area contributed by atoms with Gasteiger partial charge in [-0.3, -0.25) is 0 Å². The molecule has 39 heavy (non-hydrogen) atoms. The molecule has 0 aromatic heterocycles. The highest BCUT2D eigenvalue weighted by atomic mass is 35.5. The maximum atomic E-state index is 12.1. The standard InChI is InChI=1S/C28H36Cl2O9/c1-19-17-23(29)5-7-25(19)38-21(3)27(31)36-15-13-34-11-9-33-10-12-35-14-16-37-28(32)22(4)39-26-8-6-24(30)18-20(26)2/h5-8,17-18,21-22H,9-16H2,1-4H3. The average Bonchev–Trinajstić information content (AvgIpc) is 2.89. The minimum absolute atomic E-state index is 0.108. The Hall–Kier alpha value is -2.56. The quantitative estimate of drug-likeness (QED) is 0.177. The Kier molecular flexibility index (Phi) is 15.0. The molecule has 0 amide bonds. The van der Waals surface area contributed by atoms with Gasteiger partial charge in [-0.05, 0) is 75.2 Å². The zero-order valence-corrected chi connectivity index (χ0v) is 24.2. The predicted molar refractivity (Wildman–Crippen MR) is 147 cm³/mol. The van der Waals surface area contributed by atoms with Crippen LogP contribution in [0, 0.1) is 13.8 Å². The lowest BCUT2D eigenvalue weighted by molar-refractivity contribution is -0.153. The molecule has 11 heteroatoms. The van der Waals surface area contributed by atoms with Crippen LogP contribution in [0.2, 0.25) is 10.0 Å². The molecule has 0 spiro atoms. The fraction of sp³-hybridized carbons (Fsp3) is 0.500. The highest BCUT2D eigenvalue weighted by Gasteiger charge is 2.18. The molecule has 0 aliphatic heterocycles. The molecule has 0 bridgehead atoms. The number of ether oxygens (including phenoxy) is 7. The number of rotatable bonds is 18. The third-order valence-electron chi connectivity index (χ3n) is 5.23. The minimum atomic E-state index is -0.757. The van der Waals surface area contributed by atoms with E-state index in [4.69, 9.17) is 56.4 Å². The third kappa shape index (κ3) is 12.9. The zero-order valence-electron chi connectivity index (χ0n) is 22.7. The Balaban J connectivity index is 1.41. The zero-order chi connectivity index (χ0) is 28.6. The summed E-state index contributed by atoms with van der Waals surface area (Å²) in [6.07, 6.45) is -1.51. The number of aryl methyl sites for hydroxylation is 2. The maximum Gasteiger partial charge on any atom is 0.347 e. The van der Waals surface area contributed by atoms with Crippen LogP contribution in [0.4, 0.5) is 0 Å². The normalized spacial score (nSPS) is 12.5. The van der Waals surface area contributed by atoms with Gasteiger partial charge in [-0.2, -0.15) is 0 Å². The Morgan fingerprint density at radius 3 is 1.28 bits per heavy atom. The van der Waals surface area contributed by atoms with Crippen molar-refractivity contribution in [3.05, 3.63) is 57.6 Å². The molecule has 0 aliphatic carbocycles. The monoisotopic (exact) mass is 586 g/mol. The fourth-order valence-electron chi connectivity index (χ4n) is 3.15. The van der Waals surface area contributed by atoms with Crippen molar-refractivity contribution >= 4 is 35.1 Å². The van der Waals surface area contributed by atoms with Crippen LogP contribution < -0.4 is 9.47 Å². The Morgan fingerprint density at radius 1 is 0.615 bits per heavy atom. The van der Waals surface area contributed by atoms with Gasteiger partial charge in [0.25, 0.3) is 0 Å². The summed E-state index contributed by atoms with van der Waals surface area (Å²) in [7, 11) is 0. The Labute approximate surface area is 239 Å². The Morgan fingerprint density at radius 2 is 0.949 bits per heavy atom. The van der Waals surface area contributed by atoms with Gasteiger partial charge < -0.3 is 33.2 Å². The second-order valence-corrected chi connectivity index (χ2v) is 9.38. The summed E-state index contributed by atoms with van der Waals surface area (Å²) >= 11 is 11.9. The smallest absolute Gasteiger partial charge is 0.347 e. The molecule has 0 N–H and O–H groups in total. The molecular formula is C28H36Cl2O9. The van der Waals surface area contributed by atoms with E-state index in [-0.39, 0.29) is 26.4 Å². The topological polar surface area (TPSA) is 98.8 Å². The summed E-state index contributed by atoms with van der Waals surface area (Å²) in [5.41, 5.74) is 1.67. The van der Waals surface area contributed by atoms with Gasteiger partial charge >= 0.3 is 11.9 Å². The van der Waals surface area contributed by atoms with E-state index in [1.807, 2.05) is 13.8 Å². The van der Waals surface area contributed by atoms with Gasteiger partial charge in [0, 0.05) is 10.0 Å². The van der Waals surface area contributed by atoms with Crippen molar-refractivity contribution in [3.63, 3.8) is 0 Å². The molecule has 0 saturated carbocycles. The van der Waals surface area contributed by atoms with Crippen molar-refractivity contribution in [1.82, 2.24) is 0 Å². The highest BCUT2D eigenvalue weighted by Crippen LogP contribution is 2.24. The number of hydrogen-bond donors (Lipinski definition) is 0. The first-order valence-electron chi connectivity index (χ1n) is 12.6. The molecule has 9 nitrogen and oxygen atoms in total. The van der Waals surface area contributed by atoms with Gasteiger partial charge in [-0.15, -0.1) is 0 Å². The molecule has 216 valence electrons. The molecular weight excluding hydrogens is 551 g/mol. The maximum absolute atomic E-state index is 12.1. The summed E-state index contributed by atoms with van der Waals surface area (Å²) in [6, 6.07) is 10.3. The molecule has 2 aromatic rings. The van der Waals surface area contributed by atoms with Crippen molar-refractivity contribution in [3.8, 4) is 11.5 Å². The molecule has 2 unspecified atom stereocenters. The van der Waals surface area contributed by atoms with Gasteiger partial charge in [0.1, 0.15) is 24.7 Å². The van der Waals surface area contributed by atoms with Crippen LogP contribution in [0.5, 0.6) is 11.5 Å².